The van der Waals surface area contributed by atoms with Crippen molar-refractivity contribution in [1.82, 2.24) is 10.2 Å². The molecule has 22 heavy (non-hydrogen) atoms. The Labute approximate surface area is 137 Å². The summed E-state index contributed by atoms with van der Waals surface area (Å²) in [4.78, 5) is 2.48. The lowest BCUT2D eigenvalue weighted by molar-refractivity contribution is 0.393. The first kappa shape index (κ1) is 17.5. The maximum atomic E-state index is 3.49. The Morgan fingerprint density at radius 3 is 2.50 bits per heavy atom. The summed E-state index contributed by atoms with van der Waals surface area (Å²) in [5.74, 6) is 1.65. The number of nitrogens with zero attached hydrogens (tertiary/aromatic N) is 1. The van der Waals surface area contributed by atoms with Crippen LogP contribution in [0.15, 0.2) is 18.2 Å². The maximum Gasteiger partial charge on any atom is 0.00103 e. The second-order valence-electron chi connectivity index (χ2n) is 6.85. The van der Waals surface area contributed by atoms with Crippen LogP contribution in [0.4, 0.5) is 0 Å². The third kappa shape index (κ3) is 4.57. The quantitative estimate of drug-likeness (QED) is 0.908. The minimum absolute atomic E-state index is 0.783. The molecule has 2 heteroatoms. The fourth-order valence-electron chi connectivity index (χ4n) is 3.95. The van der Waals surface area contributed by atoms with Gasteiger partial charge in [-0.05, 0) is 82.3 Å². The summed E-state index contributed by atoms with van der Waals surface area (Å²) in [6.45, 7) is 11.2. The Morgan fingerprint density at radius 2 is 1.86 bits per heavy atom. The van der Waals surface area contributed by atoms with Crippen molar-refractivity contribution in [3.63, 3.8) is 0 Å². The summed E-state index contributed by atoms with van der Waals surface area (Å²) in [7, 11) is 2.25. The van der Waals surface area contributed by atoms with Gasteiger partial charge in [0.25, 0.3) is 0 Å². The zero-order valence-electron chi connectivity index (χ0n) is 15.0. The van der Waals surface area contributed by atoms with Gasteiger partial charge in [0.2, 0.25) is 0 Å². The zero-order chi connectivity index (χ0) is 15.9. The molecule has 3 rings (SSSR count). The molecular formula is C20H34N2. The van der Waals surface area contributed by atoms with Gasteiger partial charge in [0.15, 0.2) is 0 Å². The molecule has 2 nitrogen and oxygen atoms in total. The van der Waals surface area contributed by atoms with E-state index in [1.54, 1.807) is 11.1 Å². The molecule has 124 valence electrons. The average Bonchev–Trinajstić information content (AvgIpc) is 2.95. The van der Waals surface area contributed by atoms with Crippen LogP contribution in [0.3, 0.4) is 0 Å². The van der Waals surface area contributed by atoms with E-state index in [1.807, 2.05) is 13.8 Å². The molecule has 2 heterocycles. The van der Waals surface area contributed by atoms with Gasteiger partial charge in [-0.2, -0.15) is 0 Å². The Hall–Kier alpha value is -0.860. The lowest BCUT2D eigenvalue weighted by atomic mass is 9.83. The van der Waals surface area contributed by atoms with E-state index in [9.17, 15) is 0 Å². The summed E-state index contributed by atoms with van der Waals surface area (Å²) in [5.41, 5.74) is 4.70. The van der Waals surface area contributed by atoms with Gasteiger partial charge in [-0.1, -0.05) is 37.6 Å². The third-order valence-corrected chi connectivity index (χ3v) is 5.07. The van der Waals surface area contributed by atoms with Crippen LogP contribution in [0.25, 0.3) is 0 Å². The van der Waals surface area contributed by atoms with Crippen LogP contribution >= 0.6 is 0 Å². The normalized spacial score (nSPS) is 23.2. The second kappa shape index (κ2) is 8.69. The highest BCUT2D eigenvalue weighted by molar-refractivity contribution is 5.35. The topological polar surface area (TPSA) is 15.3 Å². The molecule has 0 spiro atoms. The first-order valence-electron chi connectivity index (χ1n) is 9.21. The van der Waals surface area contributed by atoms with Crippen molar-refractivity contribution in [2.45, 2.75) is 52.4 Å². The van der Waals surface area contributed by atoms with Gasteiger partial charge in [-0.3, -0.25) is 0 Å². The molecule has 1 aromatic rings. The van der Waals surface area contributed by atoms with Crippen LogP contribution in [0, 0.1) is 12.8 Å². The summed E-state index contributed by atoms with van der Waals surface area (Å²) in [6, 6.07) is 7.18. The average molecular weight is 303 g/mol. The Morgan fingerprint density at radius 1 is 1.14 bits per heavy atom. The van der Waals surface area contributed by atoms with Crippen molar-refractivity contribution in [2.24, 2.45) is 5.92 Å². The van der Waals surface area contributed by atoms with E-state index in [1.165, 1.54) is 57.4 Å². The molecule has 1 atom stereocenters. The van der Waals surface area contributed by atoms with Crippen LogP contribution in [-0.4, -0.2) is 38.1 Å². The first-order chi connectivity index (χ1) is 10.7. The Bertz CT molecular complexity index is 449. The van der Waals surface area contributed by atoms with Gasteiger partial charge in [-0.25, -0.2) is 0 Å². The smallest absolute Gasteiger partial charge is 0.00103 e. The monoisotopic (exact) mass is 302 g/mol. The molecule has 2 aliphatic rings. The molecule has 1 aromatic carbocycles. The van der Waals surface area contributed by atoms with E-state index in [-0.39, 0.29) is 0 Å². The first-order valence-corrected chi connectivity index (χ1v) is 9.21. The minimum atomic E-state index is 0.783. The number of rotatable bonds is 3. The molecule has 1 N–H and O–H groups in total. The van der Waals surface area contributed by atoms with Crippen molar-refractivity contribution < 1.29 is 0 Å². The fraction of sp³-hybridized carbons (Fsp3) is 0.700. The van der Waals surface area contributed by atoms with Gasteiger partial charge in [0, 0.05) is 6.54 Å². The molecule has 0 saturated carbocycles. The van der Waals surface area contributed by atoms with Crippen molar-refractivity contribution in [3.8, 4) is 0 Å². The standard InChI is InChI=1S/C18H28N2.C2H6/c1-14-3-4-18(16-5-8-19-9-6-16)17(11-14)12-15-7-10-20(2)13-15;1-2/h3-4,11,15-16,19H,5-10,12-13H2,1-2H3;1-2H3. The second-order valence-corrected chi connectivity index (χ2v) is 6.85. The molecule has 0 bridgehead atoms. The summed E-state index contributed by atoms with van der Waals surface area (Å²) in [5, 5.41) is 3.49. The number of nitrogens with one attached hydrogen (secondary N) is 1. The molecular weight excluding hydrogens is 268 g/mol. The van der Waals surface area contributed by atoms with E-state index in [0.717, 1.165) is 11.8 Å². The molecule has 0 radical (unpaired) electrons. The summed E-state index contributed by atoms with van der Waals surface area (Å²) in [6.07, 6.45) is 5.27. The van der Waals surface area contributed by atoms with Crippen LogP contribution in [0.5, 0.6) is 0 Å². The molecule has 0 aromatic heterocycles. The van der Waals surface area contributed by atoms with Gasteiger partial charge in [0.1, 0.15) is 0 Å². The van der Waals surface area contributed by atoms with E-state index in [0.29, 0.717) is 0 Å². The van der Waals surface area contributed by atoms with E-state index in [4.69, 9.17) is 0 Å². The van der Waals surface area contributed by atoms with E-state index < -0.39 is 0 Å². The lowest BCUT2D eigenvalue weighted by Crippen LogP contribution is -2.27. The minimum Gasteiger partial charge on any atom is -0.317 e. The van der Waals surface area contributed by atoms with Crippen LogP contribution in [-0.2, 0) is 6.42 Å². The highest BCUT2D eigenvalue weighted by atomic mass is 15.1. The van der Waals surface area contributed by atoms with Gasteiger partial charge < -0.3 is 10.2 Å². The molecule has 2 saturated heterocycles. The molecule has 2 aliphatic heterocycles. The molecule has 0 aliphatic carbocycles. The van der Waals surface area contributed by atoms with Crippen molar-refractivity contribution in [2.75, 3.05) is 33.2 Å². The van der Waals surface area contributed by atoms with Crippen LogP contribution in [0.2, 0.25) is 0 Å². The predicted molar refractivity (Wildman–Crippen MR) is 96.7 cm³/mol. The van der Waals surface area contributed by atoms with Gasteiger partial charge in [0.05, 0.1) is 0 Å². The predicted octanol–water partition coefficient (Wildman–Crippen LogP) is 3.98. The third-order valence-electron chi connectivity index (χ3n) is 5.07. The van der Waals surface area contributed by atoms with Crippen molar-refractivity contribution >= 4 is 0 Å². The highest BCUT2D eigenvalue weighted by Gasteiger charge is 2.23. The summed E-state index contributed by atoms with van der Waals surface area (Å²) < 4.78 is 0. The van der Waals surface area contributed by atoms with E-state index in [2.05, 4.69) is 42.4 Å². The van der Waals surface area contributed by atoms with E-state index >= 15 is 0 Å². The number of benzene rings is 1. The zero-order valence-corrected chi connectivity index (χ0v) is 15.0. The lowest BCUT2D eigenvalue weighted by Gasteiger charge is -2.26. The van der Waals surface area contributed by atoms with Crippen molar-refractivity contribution in [1.29, 1.82) is 0 Å². The highest BCUT2D eigenvalue weighted by Crippen LogP contribution is 2.31. The van der Waals surface area contributed by atoms with Crippen molar-refractivity contribution in [3.05, 3.63) is 34.9 Å². The number of hydrogen-bond acceptors (Lipinski definition) is 2. The summed E-state index contributed by atoms with van der Waals surface area (Å²) >= 11 is 0. The fourth-order valence-corrected chi connectivity index (χ4v) is 3.95. The van der Waals surface area contributed by atoms with Crippen LogP contribution in [0.1, 0.15) is 55.7 Å². The number of hydrogen-bond donors (Lipinski definition) is 1. The molecule has 2 fully saturated rings. The molecule has 0 amide bonds. The Balaban J connectivity index is 0.000000847. The maximum absolute atomic E-state index is 3.49. The SMILES string of the molecule is CC.Cc1ccc(C2CCNCC2)c(CC2CCN(C)C2)c1. The molecule has 1 unspecified atom stereocenters. The number of likely N-dealkylation sites (tertiary alicyclic amines) is 1. The number of piperidine rings is 1. The largest absolute Gasteiger partial charge is 0.317 e. The van der Waals surface area contributed by atoms with Gasteiger partial charge in [-0.15, -0.1) is 0 Å². The van der Waals surface area contributed by atoms with Gasteiger partial charge >= 0.3 is 0 Å². The Kier molecular flexibility index (Phi) is 6.91. The number of aryl methyl sites for hydroxylation is 1. The van der Waals surface area contributed by atoms with Crippen LogP contribution < -0.4 is 5.32 Å².